The van der Waals surface area contributed by atoms with Crippen LogP contribution in [0.3, 0.4) is 0 Å². The first kappa shape index (κ1) is 14.2. The van der Waals surface area contributed by atoms with Gasteiger partial charge in [0.2, 0.25) is 5.89 Å². The van der Waals surface area contributed by atoms with Crippen LogP contribution >= 0.6 is 0 Å². The van der Waals surface area contributed by atoms with Gasteiger partial charge in [0.05, 0.1) is 6.04 Å². The number of rotatable bonds is 3. The minimum absolute atomic E-state index is 0.0200. The fourth-order valence-electron chi connectivity index (χ4n) is 3.35. The number of likely N-dealkylation sites (tertiary alicyclic amines) is 1. The number of hydrogen-bond donors (Lipinski definition) is 0. The van der Waals surface area contributed by atoms with Crippen LogP contribution in [0.4, 0.5) is 0 Å². The molecule has 1 amide bonds. The standard InChI is InChI=1S/C17H19N3O3/c1-2-15-18-16(19-23-15)12-7-5-9-20(12)17(21)14-10-11-6-3-4-8-13(11)22-14/h3-4,6,8,12,14H,2,5,7,9-10H2,1H3/t12-,14+/m1/s1. The Labute approximate surface area is 134 Å². The van der Waals surface area contributed by atoms with E-state index in [-0.39, 0.29) is 11.9 Å². The molecule has 0 unspecified atom stereocenters. The Bertz CT molecular complexity index is 702. The van der Waals surface area contributed by atoms with Crippen molar-refractivity contribution >= 4 is 5.91 Å². The summed E-state index contributed by atoms with van der Waals surface area (Å²) in [5.41, 5.74) is 1.09. The van der Waals surface area contributed by atoms with E-state index >= 15 is 0 Å². The van der Waals surface area contributed by atoms with Crippen LogP contribution in [0.15, 0.2) is 28.8 Å². The molecule has 0 bridgehead atoms. The van der Waals surface area contributed by atoms with Crippen LogP contribution in [0.1, 0.15) is 43.1 Å². The van der Waals surface area contributed by atoms with Crippen LogP contribution in [0.5, 0.6) is 5.75 Å². The first-order valence-corrected chi connectivity index (χ1v) is 8.13. The van der Waals surface area contributed by atoms with E-state index in [1.54, 1.807) is 0 Å². The molecule has 2 aliphatic heterocycles. The van der Waals surface area contributed by atoms with Crippen LogP contribution in [0.2, 0.25) is 0 Å². The molecule has 1 aromatic carbocycles. The van der Waals surface area contributed by atoms with Crippen molar-refractivity contribution in [1.82, 2.24) is 15.0 Å². The van der Waals surface area contributed by atoms with Gasteiger partial charge in [0.25, 0.3) is 5.91 Å². The van der Waals surface area contributed by atoms with E-state index in [1.165, 1.54) is 0 Å². The minimum Gasteiger partial charge on any atom is -0.480 e. The lowest BCUT2D eigenvalue weighted by molar-refractivity contribution is -0.139. The summed E-state index contributed by atoms with van der Waals surface area (Å²) in [6.45, 7) is 2.69. The van der Waals surface area contributed by atoms with Crippen molar-refractivity contribution in [3.05, 3.63) is 41.5 Å². The van der Waals surface area contributed by atoms with E-state index in [0.717, 1.165) is 30.7 Å². The highest BCUT2D eigenvalue weighted by Crippen LogP contribution is 2.34. The van der Waals surface area contributed by atoms with Crippen molar-refractivity contribution in [3.8, 4) is 5.75 Å². The molecule has 0 N–H and O–H groups in total. The summed E-state index contributed by atoms with van der Waals surface area (Å²) in [6.07, 6.45) is 2.71. The number of nitrogens with zero attached hydrogens (tertiary/aromatic N) is 3. The van der Waals surface area contributed by atoms with Gasteiger partial charge in [-0.1, -0.05) is 30.3 Å². The summed E-state index contributed by atoms with van der Waals surface area (Å²) >= 11 is 0. The van der Waals surface area contributed by atoms with E-state index in [9.17, 15) is 4.79 Å². The van der Waals surface area contributed by atoms with Gasteiger partial charge in [0.15, 0.2) is 11.9 Å². The second-order valence-electron chi connectivity index (χ2n) is 6.01. The van der Waals surface area contributed by atoms with Crippen LogP contribution in [0, 0.1) is 0 Å². The largest absolute Gasteiger partial charge is 0.480 e. The Kier molecular flexibility index (Phi) is 3.52. The number of fused-ring (bicyclic) bond motifs is 1. The Morgan fingerprint density at radius 3 is 3.04 bits per heavy atom. The number of carbonyl (C=O) groups excluding carboxylic acids is 1. The van der Waals surface area contributed by atoms with E-state index in [0.29, 0.717) is 24.6 Å². The molecule has 0 aliphatic carbocycles. The number of hydrogen-bond acceptors (Lipinski definition) is 5. The molecular formula is C17H19N3O3. The van der Waals surface area contributed by atoms with Gasteiger partial charge in [0.1, 0.15) is 5.75 Å². The van der Waals surface area contributed by atoms with Gasteiger partial charge >= 0.3 is 0 Å². The lowest BCUT2D eigenvalue weighted by atomic mass is 10.1. The van der Waals surface area contributed by atoms with Gasteiger partial charge in [0, 0.05) is 19.4 Å². The predicted octanol–water partition coefficient (Wildman–Crippen LogP) is 2.30. The summed E-state index contributed by atoms with van der Waals surface area (Å²) in [5, 5.41) is 4.05. The normalized spacial score (nSPS) is 22.9. The number of para-hydroxylation sites is 1. The maximum Gasteiger partial charge on any atom is 0.264 e. The zero-order chi connectivity index (χ0) is 15.8. The minimum atomic E-state index is -0.439. The van der Waals surface area contributed by atoms with Crippen LogP contribution in [-0.4, -0.2) is 33.6 Å². The Morgan fingerprint density at radius 2 is 2.26 bits per heavy atom. The molecule has 2 aromatic rings. The summed E-state index contributed by atoms with van der Waals surface area (Å²) < 4.78 is 11.0. The molecule has 2 aliphatic rings. The molecule has 2 atom stereocenters. The third-order valence-corrected chi connectivity index (χ3v) is 4.54. The Hall–Kier alpha value is -2.37. The van der Waals surface area contributed by atoms with Crippen molar-refractivity contribution in [1.29, 1.82) is 0 Å². The smallest absolute Gasteiger partial charge is 0.264 e. The highest BCUT2D eigenvalue weighted by atomic mass is 16.5. The summed E-state index contributed by atoms with van der Waals surface area (Å²) in [5.74, 6) is 2.06. The second-order valence-corrected chi connectivity index (χ2v) is 6.01. The van der Waals surface area contributed by atoms with Gasteiger partial charge in [-0.3, -0.25) is 4.79 Å². The molecule has 1 fully saturated rings. The maximum absolute atomic E-state index is 12.9. The molecule has 0 spiro atoms. The molecule has 6 nitrogen and oxygen atoms in total. The van der Waals surface area contributed by atoms with E-state index in [4.69, 9.17) is 9.26 Å². The first-order valence-electron chi connectivity index (χ1n) is 8.13. The predicted molar refractivity (Wildman–Crippen MR) is 81.9 cm³/mol. The molecule has 6 heteroatoms. The lowest BCUT2D eigenvalue weighted by Gasteiger charge is -2.25. The molecular weight excluding hydrogens is 294 g/mol. The SMILES string of the molecule is CCc1nc([C@H]2CCCN2C(=O)[C@@H]2Cc3ccccc3O2)no1. The molecule has 0 radical (unpaired) electrons. The lowest BCUT2D eigenvalue weighted by Crippen LogP contribution is -2.41. The number of aromatic nitrogens is 2. The molecule has 1 aromatic heterocycles. The fraction of sp³-hybridized carbons (Fsp3) is 0.471. The highest BCUT2D eigenvalue weighted by Gasteiger charge is 2.39. The summed E-state index contributed by atoms with van der Waals surface area (Å²) in [7, 11) is 0. The van der Waals surface area contributed by atoms with Gasteiger partial charge < -0.3 is 14.2 Å². The highest BCUT2D eigenvalue weighted by molar-refractivity contribution is 5.83. The van der Waals surface area contributed by atoms with E-state index < -0.39 is 6.10 Å². The van der Waals surface area contributed by atoms with Gasteiger partial charge in [-0.2, -0.15) is 4.98 Å². The third-order valence-electron chi connectivity index (χ3n) is 4.54. The zero-order valence-corrected chi connectivity index (χ0v) is 13.1. The van der Waals surface area contributed by atoms with Gasteiger partial charge in [-0.05, 0) is 24.5 Å². The number of amides is 1. The van der Waals surface area contributed by atoms with Crippen molar-refractivity contribution in [2.24, 2.45) is 0 Å². The van der Waals surface area contributed by atoms with Crippen LogP contribution in [0.25, 0.3) is 0 Å². The van der Waals surface area contributed by atoms with Crippen molar-refractivity contribution < 1.29 is 14.1 Å². The average molecular weight is 313 g/mol. The third kappa shape index (κ3) is 2.48. The first-order chi connectivity index (χ1) is 11.3. The van der Waals surface area contributed by atoms with E-state index in [2.05, 4.69) is 10.1 Å². The Balaban J connectivity index is 1.52. The monoisotopic (exact) mass is 313 g/mol. The second kappa shape index (κ2) is 5.68. The van der Waals surface area contributed by atoms with Gasteiger partial charge in [-0.25, -0.2) is 0 Å². The van der Waals surface area contributed by atoms with Gasteiger partial charge in [-0.15, -0.1) is 0 Å². The zero-order valence-electron chi connectivity index (χ0n) is 13.1. The number of ether oxygens (including phenoxy) is 1. The van der Waals surface area contributed by atoms with Crippen LogP contribution < -0.4 is 4.74 Å². The molecule has 4 rings (SSSR count). The van der Waals surface area contributed by atoms with E-state index in [1.807, 2.05) is 36.1 Å². The topological polar surface area (TPSA) is 68.5 Å². The molecule has 1 saturated heterocycles. The number of aryl methyl sites for hydroxylation is 1. The average Bonchev–Trinajstić information content (AvgIpc) is 3.30. The fourth-order valence-corrected chi connectivity index (χ4v) is 3.35. The van der Waals surface area contributed by atoms with Crippen molar-refractivity contribution in [2.75, 3.05) is 6.54 Å². The van der Waals surface area contributed by atoms with Crippen LogP contribution in [-0.2, 0) is 17.6 Å². The molecule has 3 heterocycles. The number of benzene rings is 1. The van der Waals surface area contributed by atoms with Crippen molar-refractivity contribution in [2.45, 2.75) is 44.8 Å². The molecule has 23 heavy (non-hydrogen) atoms. The number of carbonyl (C=O) groups is 1. The maximum atomic E-state index is 12.9. The Morgan fingerprint density at radius 1 is 1.39 bits per heavy atom. The van der Waals surface area contributed by atoms with Crippen molar-refractivity contribution in [3.63, 3.8) is 0 Å². The summed E-state index contributed by atoms with van der Waals surface area (Å²) in [4.78, 5) is 19.1. The molecule has 0 saturated carbocycles. The quantitative estimate of drug-likeness (QED) is 0.869. The summed E-state index contributed by atoms with van der Waals surface area (Å²) in [6, 6.07) is 7.72. The molecule has 120 valence electrons.